The highest BCUT2D eigenvalue weighted by Gasteiger charge is 2.28. The molecule has 2 aromatic rings. The van der Waals surface area contributed by atoms with E-state index in [0.29, 0.717) is 62.4 Å². The third kappa shape index (κ3) is 4.31. The van der Waals surface area contributed by atoms with Gasteiger partial charge in [0.05, 0.1) is 17.9 Å². The predicted molar refractivity (Wildman–Crippen MR) is 115 cm³/mol. The van der Waals surface area contributed by atoms with Gasteiger partial charge in [0.1, 0.15) is 5.84 Å². The summed E-state index contributed by atoms with van der Waals surface area (Å²) in [4.78, 5) is 23.1. The Balaban J connectivity index is 1.17. The number of rotatable bonds is 4. The van der Waals surface area contributed by atoms with Crippen molar-refractivity contribution in [3.8, 4) is 11.4 Å². The van der Waals surface area contributed by atoms with E-state index in [1.807, 2.05) is 16.8 Å². The topological polar surface area (TPSA) is 112 Å². The number of sulfonamides is 1. The molecule has 3 aliphatic rings. The zero-order valence-corrected chi connectivity index (χ0v) is 18.2. The fraction of sp³-hybridized carbons (Fsp3) is 0.368. The first-order valence-electron chi connectivity index (χ1n) is 9.83. The first-order valence-corrected chi connectivity index (χ1v) is 12.4. The van der Waals surface area contributed by atoms with Crippen LogP contribution in [0.4, 0.5) is 0 Å². The van der Waals surface area contributed by atoms with Crippen molar-refractivity contribution < 1.29 is 17.7 Å². The minimum absolute atomic E-state index is 0.0508. The molecule has 0 N–H and O–H groups in total. The largest absolute Gasteiger partial charge is 0.338 e. The Morgan fingerprint density at radius 2 is 2.00 bits per heavy atom. The van der Waals surface area contributed by atoms with E-state index in [0.717, 1.165) is 5.56 Å². The Hall–Kier alpha value is -2.83. The molecular formula is C19H20N6O4S2. The van der Waals surface area contributed by atoms with Crippen LogP contribution in [0.5, 0.6) is 0 Å². The van der Waals surface area contributed by atoms with Crippen LogP contribution in [0.3, 0.4) is 0 Å². The van der Waals surface area contributed by atoms with Crippen LogP contribution in [0.15, 0.2) is 49.7 Å². The molecule has 0 aliphatic carbocycles. The molecule has 5 rings (SSSR count). The van der Waals surface area contributed by atoms with Crippen molar-refractivity contribution in [1.82, 2.24) is 24.8 Å². The second-order valence-corrected chi connectivity index (χ2v) is 9.97. The highest BCUT2D eigenvalue weighted by molar-refractivity contribution is 7.90. The molecule has 162 valence electrons. The van der Waals surface area contributed by atoms with Gasteiger partial charge < -0.3 is 14.3 Å². The van der Waals surface area contributed by atoms with E-state index in [-0.39, 0.29) is 11.7 Å². The number of carbonyl (C=O) groups is 1. The minimum atomic E-state index is -3.41. The van der Waals surface area contributed by atoms with Crippen molar-refractivity contribution in [2.45, 2.75) is 6.54 Å². The van der Waals surface area contributed by atoms with Gasteiger partial charge in [0.15, 0.2) is 0 Å². The first-order chi connectivity index (χ1) is 15.0. The predicted octanol–water partition coefficient (Wildman–Crippen LogP) is 0.940. The summed E-state index contributed by atoms with van der Waals surface area (Å²) in [6.07, 6.45) is 4.91. The van der Waals surface area contributed by atoms with Gasteiger partial charge in [-0.3, -0.25) is 9.69 Å². The fourth-order valence-corrected chi connectivity index (χ4v) is 5.24. The standard InChI is InChI=1S/C19H20N6O4S2/c26-19(14-1-2-16-22-31(27,28)10-8-25(16)11-14)24-6-4-23(5-7-24)12-17-20-18(21-29-17)15-3-9-30-13-15/h1-3,9,11,13H,4-8,10,12H2. The van der Waals surface area contributed by atoms with Crippen LogP contribution in [0.1, 0.15) is 5.89 Å². The van der Waals surface area contributed by atoms with E-state index in [4.69, 9.17) is 4.52 Å². The molecule has 0 spiro atoms. The number of nitrogens with zero attached hydrogens (tertiary/aromatic N) is 6. The van der Waals surface area contributed by atoms with Crippen LogP contribution in [0.25, 0.3) is 11.4 Å². The van der Waals surface area contributed by atoms with E-state index in [1.54, 1.807) is 39.5 Å². The van der Waals surface area contributed by atoms with Crippen LogP contribution in [-0.4, -0.2) is 83.5 Å². The zero-order valence-electron chi connectivity index (χ0n) is 16.5. The molecule has 0 unspecified atom stereocenters. The molecule has 0 aromatic carbocycles. The summed E-state index contributed by atoms with van der Waals surface area (Å²) in [7, 11) is -3.41. The number of hydrogen-bond acceptors (Lipinski definition) is 9. The highest BCUT2D eigenvalue weighted by Crippen LogP contribution is 2.20. The average molecular weight is 461 g/mol. The van der Waals surface area contributed by atoms with Gasteiger partial charge in [0, 0.05) is 49.9 Å². The Kier molecular flexibility index (Phi) is 5.20. The van der Waals surface area contributed by atoms with Gasteiger partial charge in [-0.15, -0.1) is 4.40 Å². The number of piperazine rings is 1. The monoisotopic (exact) mass is 460 g/mol. The number of carbonyl (C=O) groups excluding carboxylic acids is 1. The van der Waals surface area contributed by atoms with Gasteiger partial charge >= 0.3 is 0 Å². The van der Waals surface area contributed by atoms with Crippen molar-refractivity contribution in [2.75, 3.05) is 38.5 Å². The lowest BCUT2D eigenvalue weighted by Gasteiger charge is -2.35. The number of aromatic nitrogens is 2. The molecule has 1 amide bonds. The highest BCUT2D eigenvalue weighted by atomic mass is 32.2. The molecule has 0 saturated carbocycles. The second kappa shape index (κ2) is 8.02. The molecule has 0 atom stereocenters. The Morgan fingerprint density at radius 1 is 1.16 bits per heavy atom. The van der Waals surface area contributed by atoms with Gasteiger partial charge in [-0.05, 0) is 23.6 Å². The van der Waals surface area contributed by atoms with Crippen LogP contribution in [0.2, 0.25) is 0 Å². The summed E-state index contributed by atoms with van der Waals surface area (Å²) < 4.78 is 32.4. The van der Waals surface area contributed by atoms with Gasteiger partial charge in [-0.1, -0.05) is 5.16 Å². The van der Waals surface area contributed by atoms with Crippen molar-refractivity contribution in [1.29, 1.82) is 0 Å². The van der Waals surface area contributed by atoms with Gasteiger partial charge in [-0.2, -0.15) is 16.3 Å². The van der Waals surface area contributed by atoms with Crippen LogP contribution in [0, 0.1) is 0 Å². The van der Waals surface area contributed by atoms with Crippen LogP contribution in [-0.2, 0) is 21.4 Å². The van der Waals surface area contributed by atoms with Crippen LogP contribution < -0.4 is 0 Å². The van der Waals surface area contributed by atoms with Gasteiger partial charge in [-0.25, -0.2) is 8.42 Å². The zero-order chi connectivity index (χ0) is 21.4. The fourth-order valence-electron chi connectivity index (χ4n) is 3.64. The van der Waals surface area contributed by atoms with E-state index >= 15 is 0 Å². The molecule has 2 aromatic heterocycles. The molecule has 10 nitrogen and oxygen atoms in total. The molecule has 0 bridgehead atoms. The number of hydrogen-bond donors (Lipinski definition) is 0. The van der Waals surface area contributed by atoms with E-state index in [1.165, 1.54) is 0 Å². The number of fused-ring (bicyclic) bond motifs is 1. The number of amides is 1. The smallest absolute Gasteiger partial charge is 0.256 e. The lowest BCUT2D eigenvalue weighted by Crippen LogP contribution is -2.49. The maximum atomic E-state index is 12.9. The van der Waals surface area contributed by atoms with Crippen molar-refractivity contribution in [2.24, 2.45) is 4.40 Å². The maximum absolute atomic E-state index is 12.9. The average Bonchev–Trinajstić information content (AvgIpc) is 3.45. The van der Waals surface area contributed by atoms with E-state index in [2.05, 4.69) is 19.4 Å². The molecule has 12 heteroatoms. The molecule has 31 heavy (non-hydrogen) atoms. The lowest BCUT2D eigenvalue weighted by molar-refractivity contribution is -0.128. The summed E-state index contributed by atoms with van der Waals surface area (Å²) >= 11 is 1.58. The Morgan fingerprint density at radius 3 is 2.77 bits per heavy atom. The van der Waals surface area contributed by atoms with Crippen molar-refractivity contribution in [3.05, 3.63) is 46.6 Å². The second-order valence-electron chi connectivity index (χ2n) is 7.44. The Bertz CT molecular complexity index is 1170. The van der Waals surface area contributed by atoms with Crippen LogP contribution >= 0.6 is 11.3 Å². The summed E-state index contributed by atoms with van der Waals surface area (Å²) in [5, 5.41) is 7.98. The molecule has 1 saturated heterocycles. The normalized spacial score (nSPS) is 20.9. The maximum Gasteiger partial charge on any atom is 0.256 e. The van der Waals surface area contributed by atoms with Gasteiger partial charge in [0.2, 0.25) is 11.7 Å². The molecule has 3 aliphatic heterocycles. The SMILES string of the molecule is O=C(C1=CN2CCS(=O)(=O)N=C2C=C1)N1CCN(Cc2nc(-c3ccsc3)no2)CC1. The molecule has 1 fully saturated rings. The first kappa shape index (κ1) is 20.1. The third-order valence-electron chi connectivity index (χ3n) is 5.34. The summed E-state index contributed by atoms with van der Waals surface area (Å²) in [5.74, 6) is 1.39. The van der Waals surface area contributed by atoms with E-state index < -0.39 is 10.0 Å². The quantitative estimate of drug-likeness (QED) is 0.663. The molecular weight excluding hydrogens is 440 g/mol. The van der Waals surface area contributed by atoms with Gasteiger partial charge in [0.25, 0.3) is 15.9 Å². The summed E-state index contributed by atoms with van der Waals surface area (Å²) in [5.41, 5.74) is 1.48. The number of amidine groups is 1. The molecule has 5 heterocycles. The third-order valence-corrected chi connectivity index (χ3v) is 7.18. The van der Waals surface area contributed by atoms with Crippen molar-refractivity contribution >= 4 is 33.1 Å². The Labute approximate surface area is 183 Å². The summed E-state index contributed by atoms with van der Waals surface area (Å²) in [6.45, 7) is 3.42. The minimum Gasteiger partial charge on any atom is -0.338 e. The molecule has 0 radical (unpaired) electrons. The van der Waals surface area contributed by atoms with Crippen molar-refractivity contribution in [3.63, 3.8) is 0 Å². The van der Waals surface area contributed by atoms with E-state index in [9.17, 15) is 13.2 Å². The summed E-state index contributed by atoms with van der Waals surface area (Å²) in [6, 6.07) is 1.95. The number of thiophene rings is 1. The lowest BCUT2D eigenvalue weighted by atomic mass is 10.1.